The van der Waals surface area contributed by atoms with Crippen molar-refractivity contribution in [3.63, 3.8) is 0 Å². The number of alkyl halides is 2. The fraction of sp³-hybridized carbons (Fsp3) is 0.0714. The molecule has 3 aromatic rings. The number of fused-ring (bicyclic) bond motifs is 1. The molecule has 0 aliphatic carbocycles. The van der Waals surface area contributed by atoms with Gasteiger partial charge in [0, 0.05) is 17.3 Å². The molecule has 9 nitrogen and oxygen atoms in total. The van der Waals surface area contributed by atoms with Crippen LogP contribution >= 0.6 is 0 Å². The first kappa shape index (κ1) is 16.2. The molecular formula is C14H9F2N5O4. The van der Waals surface area contributed by atoms with Gasteiger partial charge in [-0.2, -0.15) is 24.2 Å². The maximum Gasteiger partial charge on any atom is 0.387 e. The van der Waals surface area contributed by atoms with Crippen molar-refractivity contribution in [2.75, 3.05) is 5.32 Å². The monoisotopic (exact) mass is 349 g/mol. The van der Waals surface area contributed by atoms with Crippen LogP contribution in [0.25, 0.3) is 11.0 Å². The van der Waals surface area contributed by atoms with Crippen LogP contribution in [0.2, 0.25) is 0 Å². The largest absolute Gasteiger partial charge is 0.427 e. The highest BCUT2D eigenvalue weighted by atomic mass is 19.3. The molecule has 25 heavy (non-hydrogen) atoms. The Kier molecular flexibility index (Phi) is 4.20. The van der Waals surface area contributed by atoms with Gasteiger partial charge >= 0.3 is 12.3 Å². The van der Waals surface area contributed by atoms with Gasteiger partial charge in [0.1, 0.15) is 11.0 Å². The van der Waals surface area contributed by atoms with Crippen LogP contribution in [-0.4, -0.2) is 32.9 Å². The van der Waals surface area contributed by atoms with E-state index in [1.165, 1.54) is 0 Å². The van der Waals surface area contributed by atoms with E-state index in [4.69, 9.17) is 0 Å². The lowest BCUT2D eigenvalue weighted by atomic mass is 10.1. The standard InChI is InChI=1S/C14H9F2N5O4/c15-14(16)25-12-4-1-7(5-11(12)21(23)24)13(22)17-8-2-3-9-10(6-8)19-20-18-9/h1-6,14H,(H,17,22)(H,18,19,20). The fourth-order valence-corrected chi connectivity index (χ4v) is 2.12. The zero-order valence-corrected chi connectivity index (χ0v) is 12.3. The van der Waals surface area contributed by atoms with E-state index in [9.17, 15) is 23.7 Å². The number of H-pyrrole nitrogens is 1. The molecule has 0 aliphatic rings. The summed E-state index contributed by atoms with van der Waals surface area (Å²) in [5, 5.41) is 23.7. The van der Waals surface area contributed by atoms with Crippen LogP contribution in [0.15, 0.2) is 36.4 Å². The normalized spacial score (nSPS) is 10.8. The van der Waals surface area contributed by atoms with Crippen LogP contribution in [0.3, 0.4) is 0 Å². The number of rotatable bonds is 5. The minimum atomic E-state index is -3.22. The van der Waals surface area contributed by atoms with Gasteiger partial charge in [0.15, 0.2) is 0 Å². The van der Waals surface area contributed by atoms with E-state index in [0.29, 0.717) is 16.7 Å². The third-order valence-electron chi connectivity index (χ3n) is 3.21. The molecule has 0 saturated heterocycles. The number of anilines is 1. The number of hydrogen-bond acceptors (Lipinski definition) is 6. The zero-order chi connectivity index (χ0) is 18.0. The van der Waals surface area contributed by atoms with Gasteiger partial charge in [-0.1, -0.05) is 0 Å². The van der Waals surface area contributed by atoms with Crippen molar-refractivity contribution in [2.24, 2.45) is 0 Å². The maximum atomic E-state index is 12.3. The van der Waals surface area contributed by atoms with Crippen molar-refractivity contribution in [3.05, 3.63) is 52.1 Å². The van der Waals surface area contributed by atoms with E-state index in [1.807, 2.05) is 0 Å². The van der Waals surface area contributed by atoms with Gasteiger partial charge in [-0.25, -0.2) is 0 Å². The summed E-state index contributed by atoms with van der Waals surface area (Å²) in [5.74, 6) is -1.28. The van der Waals surface area contributed by atoms with Crippen LogP contribution in [0.4, 0.5) is 20.2 Å². The summed E-state index contributed by atoms with van der Waals surface area (Å²) >= 11 is 0. The number of carbonyl (C=O) groups excluding carboxylic acids is 1. The van der Waals surface area contributed by atoms with Crippen molar-refractivity contribution < 1.29 is 23.2 Å². The molecule has 0 bridgehead atoms. The number of hydrogen-bond donors (Lipinski definition) is 2. The van der Waals surface area contributed by atoms with E-state index < -0.39 is 28.9 Å². The van der Waals surface area contributed by atoms with Crippen molar-refractivity contribution in [3.8, 4) is 5.75 Å². The predicted octanol–water partition coefficient (Wildman–Crippen LogP) is 2.72. The maximum absolute atomic E-state index is 12.3. The highest BCUT2D eigenvalue weighted by molar-refractivity contribution is 6.05. The summed E-state index contributed by atoms with van der Waals surface area (Å²) in [6.45, 7) is -3.22. The number of benzene rings is 2. The number of aromatic amines is 1. The number of nitrogens with zero attached hydrogens (tertiary/aromatic N) is 3. The Hall–Kier alpha value is -3.63. The van der Waals surface area contributed by atoms with Gasteiger partial charge in [-0.05, 0) is 30.3 Å². The van der Waals surface area contributed by atoms with Crippen LogP contribution in [0, 0.1) is 10.1 Å². The molecule has 3 rings (SSSR count). The Morgan fingerprint density at radius 2 is 1.96 bits per heavy atom. The predicted molar refractivity (Wildman–Crippen MR) is 81.6 cm³/mol. The molecule has 128 valence electrons. The topological polar surface area (TPSA) is 123 Å². The van der Waals surface area contributed by atoms with Crippen molar-refractivity contribution in [1.82, 2.24) is 15.4 Å². The molecule has 11 heteroatoms. The fourth-order valence-electron chi connectivity index (χ4n) is 2.12. The quantitative estimate of drug-likeness (QED) is 0.539. The first-order valence-electron chi connectivity index (χ1n) is 6.79. The molecule has 0 radical (unpaired) electrons. The second-order valence-electron chi connectivity index (χ2n) is 4.80. The number of nitro groups is 1. The number of aromatic nitrogens is 3. The van der Waals surface area contributed by atoms with Gasteiger partial charge in [0.25, 0.3) is 5.91 Å². The number of ether oxygens (including phenoxy) is 1. The van der Waals surface area contributed by atoms with Gasteiger partial charge in [0.05, 0.1) is 4.92 Å². The Balaban J connectivity index is 1.85. The van der Waals surface area contributed by atoms with E-state index in [0.717, 1.165) is 18.2 Å². The molecule has 0 saturated carbocycles. The van der Waals surface area contributed by atoms with Crippen LogP contribution in [0.5, 0.6) is 5.75 Å². The number of nitro benzene ring substituents is 1. The van der Waals surface area contributed by atoms with Gasteiger partial charge < -0.3 is 10.1 Å². The SMILES string of the molecule is O=C(Nc1ccc2n[nH]nc2c1)c1ccc(OC(F)F)c([N+](=O)[O-])c1. The third-order valence-corrected chi connectivity index (χ3v) is 3.21. The Morgan fingerprint density at radius 3 is 2.68 bits per heavy atom. The number of amides is 1. The molecule has 0 fully saturated rings. The second kappa shape index (κ2) is 6.47. The lowest BCUT2D eigenvalue weighted by molar-refractivity contribution is -0.386. The number of carbonyl (C=O) groups is 1. The highest BCUT2D eigenvalue weighted by Crippen LogP contribution is 2.29. The molecule has 0 unspecified atom stereocenters. The summed E-state index contributed by atoms with van der Waals surface area (Å²) in [7, 11) is 0. The molecular weight excluding hydrogens is 340 g/mol. The first-order chi connectivity index (χ1) is 11.9. The number of halogens is 2. The van der Waals surface area contributed by atoms with Gasteiger partial charge in [-0.3, -0.25) is 14.9 Å². The van der Waals surface area contributed by atoms with Crippen LogP contribution < -0.4 is 10.1 Å². The Bertz CT molecular complexity index is 959. The zero-order valence-electron chi connectivity index (χ0n) is 12.3. The van der Waals surface area contributed by atoms with E-state index in [1.54, 1.807) is 18.2 Å². The van der Waals surface area contributed by atoms with Crippen molar-refractivity contribution in [1.29, 1.82) is 0 Å². The van der Waals surface area contributed by atoms with E-state index in [-0.39, 0.29) is 5.56 Å². The molecule has 0 spiro atoms. The van der Waals surface area contributed by atoms with Crippen molar-refractivity contribution >= 4 is 28.3 Å². The molecule has 0 atom stereocenters. The smallest absolute Gasteiger partial charge is 0.387 e. The third kappa shape index (κ3) is 3.49. The van der Waals surface area contributed by atoms with Crippen LogP contribution in [-0.2, 0) is 0 Å². The van der Waals surface area contributed by atoms with Crippen LogP contribution in [0.1, 0.15) is 10.4 Å². The van der Waals surface area contributed by atoms with Gasteiger partial charge in [0.2, 0.25) is 5.75 Å². The average Bonchev–Trinajstić information content (AvgIpc) is 3.02. The lowest BCUT2D eigenvalue weighted by Crippen LogP contribution is -2.13. The molecule has 1 aromatic heterocycles. The summed E-state index contributed by atoms with van der Waals surface area (Å²) in [4.78, 5) is 22.3. The highest BCUT2D eigenvalue weighted by Gasteiger charge is 2.21. The van der Waals surface area contributed by atoms with E-state index >= 15 is 0 Å². The minimum absolute atomic E-state index is 0.0893. The second-order valence-corrected chi connectivity index (χ2v) is 4.80. The van der Waals surface area contributed by atoms with Crippen molar-refractivity contribution in [2.45, 2.75) is 6.61 Å². The van der Waals surface area contributed by atoms with E-state index in [2.05, 4.69) is 25.5 Å². The summed E-state index contributed by atoms with van der Waals surface area (Å²) in [5.41, 5.74) is 0.682. The minimum Gasteiger partial charge on any atom is -0.427 e. The summed E-state index contributed by atoms with van der Waals surface area (Å²) in [6, 6.07) is 7.71. The van der Waals surface area contributed by atoms with Gasteiger partial charge in [-0.15, -0.1) is 0 Å². The number of nitrogens with one attached hydrogen (secondary N) is 2. The Labute approximate surface area is 137 Å². The summed E-state index contributed by atoms with van der Waals surface area (Å²) in [6.07, 6.45) is 0. The lowest BCUT2D eigenvalue weighted by Gasteiger charge is -2.08. The molecule has 0 aliphatic heterocycles. The Morgan fingerprint density at radius 1 is 1.20 bits per heavy atom. The average molecular weight is 349 g/mol. The molecule has 2 aromatic carbocycles. The summed E-state index contributed by atoms with van der Waals surface area (Å²) < 4.78 is 28.6. The first-order valence-corrected chi connectivity index (χ1v) is 6.79. The molecule has 2 N–H and O–H groups in total. The molecule has 1 amide bonds. The molecule has 1 heterocycles.